The largest absolute Gasteiger partial charge is 0.0975 e. The maximum Gasteiger partial charge on any atom is -0.0235 e. The highest BCUT2D eigenvalue weighted by molar-refractivity contribution is 8.14. The first-order chi connectivity index (χ1) is 11.2. The smallest absolute Gasteiger partial charge is 0.0235 e. The lowest BCUT2D eigenvalue weighted by atomic mass is 10.2. The topological polar surface area (TPSA) is 0 Å². The van der Waals surface area contributed by atoms with Crippen LogP contribution in [0.2, 0.25) is 0 Å². The van der Waals surface area contributed by atoms with Gasteiger partial charge >= 0.3 is 0 Å². The van der Waals surface area contributed by atoms with Gasteiger partial charge in [-0.2, -0.15) is 0 Å². The molecular weight excluding hydrogens is 315 g/mol. The van der Waals surface area contributed by atoms with Crippen LogP contribution in [0.25, 0.3) is 0 Å². The molecule has 0 unspecified atom stereocenters. The Labute approximate surface area is 153 Å². The Hall–Kier alpha value is 0.650. The van der Waals surface area contributed by atoms with E-state index in [1.165, 1.54) is 115 Å². The summed E-state index contributed by atoms with van der Waals surface area (Å²) < 4.78 is 0. The fourth-order valence-corrected chi connectivity index (χ4v) is 7.58. The summed E-state index contributed by atoms with van der Waals surface area (Å²) in [4.78, 5) is 0. The molecule has 0 aliphatic heterocycles. The van der Waals surface area contributed by atoms with Crippen LogP contribution in [0.1, 0.15) is 117 Å². The van der Waals surface area contributed by atoms with Crippen molar-refractivity contribution < 1.29 is 0 Å². The lowest BCUT2D eigenvalue weighted by Gasteiger charge is -2.22. The summed E-state index contributed by atoms with van der Waals surface area (Å²) >= 11 is 6.25. The van der Waals surface area contributed by atoms with Gasteiger partial charge in [-0.05, 0) is 43.8 Å². The Kier molecular flexibility index (Phi) is 18.0. The molecule has 0 aromatic heterocycles. The SMILES string of the molecule is CCCCCCCP(=S)(CCCCCCC)CCCCCCC. The van der Waals surface area contributed by atoms with E-state index in [1.807, 2.05) is 0 Å². The molecule has 0 aliphatic carbocycles. The number of rotatable bonds is 18. The maximum atomic E-state index is 6.25. The first-order valence-electron chi connectivity index (χ1n) is 10.8. The predicted molar refractivity (Wildman–Crippen MR) is 115 cm³/mol. The minimum atomic E-state index is -1.03. The van der Waals surface area contributed by atoms with E-state index in [4.69, 9.17) is 11.8 Å². The fraction of sp³-hybridized carbons (Fsp3) is 1.00. The first kappa shape index (κ1) is 23.6. The van der Waals surface area contributed by atoms with Crippen molar-refractivity contribution in [3.63, 3.8) is 0 Å². The van der Waals surface area contributed by atoms with E-state index in [9.17, 15) is 0 Å². The molecular formula is C21H45PS. The Morgan fingerprint density at radius 3 is 0.957 bits per heavy atom. The van der Waals surface area contributed by atoms with Gasteiger partial charge in [0.2, 0.25) is 0 Å². The van der Waals surface area contributed by atoms with Crippen molar-refractivity contribution in [3.05, 3.63) is 0 Å². The molecule has 0 radical (unpaired) electrons. The van der Waals surface area contributed by atoms with Gasteiger partial charge in [0.1, 0.15) is 0 Å². The minimum absolute atomic E-state index is 1.03. The van der Waals surface area contributed by atoms with Crippen molar-refractivity contribution >= 4 is 17.8 Å². The number of hydrogen-bond acceptors (Lipinski definition) is 1. The van der Waals surface area contributed by atoms with Crippen molar-refractivity contribution in [1.82, 2.24) is 0 Å². The van der Waals surface area contributed by atoms with E-state index >= 15 is 0 Å². The summed E-state index contributed by atoms with van der Waals surface area (Å²) in [6, 6.07) is -1.03. The zero-order chi connectivity index (χ0) is 17.2. The van der Waals surface area contributed by atoms with Gasteiger partial charge in [0.25, 0.3) is 0 Å². The third-order valence-electron chi connectivity index (χ3n) is 5.01. The van der Waals surface area contributed by atoms with Crippen LogP contribution < -0.4 is 0 Å². The summed E-state index contributed by atoms with van der Waals surface area (Å²) in [5.74, 6) is 0. The molecule has 0 bridgehead atoms. The second kappa shape index (κ2) is 17.5. The number of unbranched alkanes of at least 4 members (excludes halogenated alkanes) is 12. The highest BCUT2D eigenvalue weighted by atomic mass is 32.4. The van der Waals surface area contributed by atoms with Gasteiger partial charge in [-0.15, -0.1) is 0 Å². The lowest BCUT2D eigenvalue weighted by molar-refractivity contribution is 0.646. The van der Waals surface area contributed by atoms with Gasteiger partial charge in [0.05, 0.1) is 0 Å². The molecule has 0 fully saturated rings. The molecule has 0 saturated heterocycles. The number of hydrogen-bond donors (Lipinski definition) is 0. The monoisotopic (exact) mass is 360 g/mol. The van der Waals surface area contributed by atoms with E-state index in [0.29, 0.717) is 0 Å². The minimum Gasteiger partial charge on any atom is -0.0975 e. The molecule has 0 rings (SSSR count). The standard InChI is InChI=1S/C21H45PS/c1-4-7-10-13-16-19-22(23,20-17-14-11-8-5-2)21-18-15-12-9-6-3/h4-21H2,1-3H3. The highest BCUT2D eigenvalue weighted by Gasteiger charge is 2.15. The van der Waals surface area contributed by atoms with Crippen LogP contribution in [-0.2, 0) is 11.8 Å². The van der Waals surface area contributed by atoms with Crippen LogP contribution in [0.4, 0.5) is 0 Å². The summed E-state index contributed by atoms with van der Waals surface area (Å²) in [7, 11) is 0. The van der Waals surface area contributed by atoms with Crippen LogP contribution >= 0.6 is 6.04 Å². The van der Waals surface area contributed by atoms with E-state index in [-0.39, 0.29) is 0 Å². The molecule has 0 nitrogen and oxygen atoms in total. The average molecular weight is 361 g/mol. The van der Waals surface area contributed by atoms with Crippen LogP contribution in [-0.4, -0.2) is 18.5 Å². The predicted octanol–water partition coefficient (Wildman–Crippen LogP) is 8.38. The summed E-state index contributed by atoms with van der Waals surface area (Å²) in [6.07, 6.45) is 25.3. The van der Waals surface area contributed by atoms with Gasteiger partial charge < -0.3 is 0 Å². The Morgan fingerprint density at radius 2 is 0.696 bits per heavy atom. The van der Waals surface area contributed by atoms with E-state index < -0.39 is 6.04 Å². The molecule has 0 spiro atoms. The summed E-state index contributed by atoms with van der Waals surface area (Å²) in [5.41, 5.74) is 0. The highest BCUT2D eigenvalue weighted by Crippen LogP contribution is 2.49. The first-order valence-corrected chi connectivity index (χ1v) is 14.1. The van der Waals surface area contributed by atoms with Crippen molar-refractivity contribution in [1.29, 1.82) is 0 Å². The summed E-state index contributed by atoms with van der Waals surface area (Å²) in [5, 5.41) is 0. The quantitative estimate of drug-likeness (QED) is 0.175. The van der Waals surface area contributed by atoms with Crippen molar-refractivity contribution in [3.8, 4) is 0 Å². The molecule has 0 aliphatic rings. The average Bonchev–Trinajstić information content (AvgIpc) is 2.54. The van der Waals surface area contributed by atoms with Crippen LogP contribution in [0.5, 0.6) is 0 Å². The molecule has 0 N–H and O–H groups in total. The van der Waals surface area contributed by atoms with E-state index in [0.717, 1.165) is 0 Å². The van der Waals surface area contributed by atoms with Gasteiger partial charge in [-0.3, -0.25) is 0 Å². The molecule has 23 heavy (non-hydrogen) atoms. The molecule has 2 heteroatoms. The third-order valence-corrected chi connectivity index (χ3v) is 10.0. The van der Waals surface area contributed by atoms with Crippen molar-refractivity contribution in [2.24, 2.45) is 0 Å². The zero-order valence-corrected chi connectivity index (χ0v) is 18.3. The third kappa shape index (κ3) is 15.9. The van der Waals surface area contributed by atoms with E-state index in [2.05, 4.69) is 20.8 Å². The van der Waals surface area contributed by atoms with Crippen LogP contribution in [0, 0.1) is 0 Å². The molecule has 0 aromatic carbocycles. The Morgan fingerprint density at radius 1 is 0.435 bits per heavy atom. The van der Waals surface area contributed by atoms with E-state index in [1.54, 1.807) is 0 Å². The van der Waals surface area contributed by atoms with Gasteiger partial charge in [-0.25, -0.2) is 0 Å². The second-order valence-corrected chi connectivity index (χ2v) is 13.3. The second-order valence-electron chi connectivity index (χ2n) is 7.47. The van der Waals surface area contributed by atoms with Crippen molar-refractivity contribution in [2.75, 3.05) is 18.5 Å². The molecule has 0 amide bonds. The molecule has 0 heterocycles. The Balaban J connectivity index is 4.03. The Bertz CT molecular complexity index is 232. The zero-order valence-electron chi connectivity index (χ0n) is 16.6. The molecule has 0 aromatic rings. The van der Waals surface area contributed by atoms with Crippen molar-refractivity contribution in [2.45, 2.75) is 117 Å². The van der Waals surface area contributed by atoms with Gasteiger partial charge in [0, 0.05) is 0 Å². The fourth-order valence-electron chi connectivity index (χ4n) is 3.35. The lowest BCUT2D eigenvalue weighted by Crippen LogP contribution is -2.01. The van der Waals surface area contributed by atoms with Crippen LogP contribution in [0.15, 0.2) is 0 Å². The summed E-state index contributed by atoms with van der Waals surface area (Å²) in [6.45, 7) is 6.91. The maximum absolute atomic E-state index is 6.25. The molecule has 140 valence electrons. The van der Waals surface area contributed by atoms with Gasteiger partial charge in [-0.1, -0.05) is 110 Å². The normalized spacial score (nSPS) is 12.0. The molecule has 0 saturated carbocycles. The van der Waals surface area contributed by atoms with Gasteiger partial charge in [0.15, 0.2) is 0 Å². The molecule has 0 atom stereocenters. The van der Waals surface area contributed by atoms with Crippen LogP contribution in [0.3, 0.4) is 0 Å².